The fourth-order valence-corrected chi connectivity index (χ4v) is 6.65. The number of benzene rings is 8. The molecule has 0 radical (unpaired) electrons. The Morgan fingerprint density at radius 1 is 0.378 bits per heavy atom. The summed E-state index contributed by atoms with van der Waals surface area (Å²) in [5.41, 5.74) is 5.37. The smallest absolute Gasteiger partial charge is 0.143 e. The van der Waals surface area contributed by atoms with Crippen molar-refractivity contribution in [1.82, 2.24) is 0 Å². The molecule has 45 heavy (non-hydrogen) atoms. The van der Waals surface area contributed by atoms with Crippen LogP contribution in [0.5, 0.6) is 0 Å². The van der Waals surface area contributed by atoms with Crippen LogP contribution in [-0.4, -0.2) is 0 Å². The van der Waals surface area contributed by atoms with E-state index in [0.717, 1.165) is 49.4 Å². The maximum Gasteiger partial charge on any atom is 0.143 e. The van der Waals surface area contributed by atoms with Gasteiger partial charge in [-0.25, -0.2) is 0 Å². The summed E-state index contributed by atoms with van der Waals surface area (Å²) in [5.74, 6) is 0. The minimum absolute atomic E-state index is 0.0537. The molecule has 0 aliphatic carbocycles. The molecule has 0 saturated heterocycles. The summed E-state index contributed by atoms with van der Waals surface area (Å²) in [6, 6.07) is 32.7. The number of fused-ring (bicyclic) bond motifs is 5. The van der Waals surface area contributed by atoms with Crippen molar-refractivity contribution in [1.29, 1.82) is 0 Å². The first-order valence-corrected chi connectivity index (χ1v) is 14.7. The number of para-hydroxylation sites is 1. The normalized spacial score (nSPS) is 14.4. The first kappa shape index (κ1) is 18.0. The minimum atomic E-state index is -0.592. The van der Waals surface area contributed by atoms with Crippen molar-refractivity contribution in [3.8, 4) is 44.5 Å². The van der Waals surface area contributed by atoms with E-state index in [1.807, 2.05) is 91.0 Å². The number of hydrogen-bond donors (Lipinski definition) is 0. The van der Waals surface area contributed by atoms with E-state index in [1.54, 1.807) is 0 Å². The Balaban J connectivity index is 1.44. The highest BCUT2D eigenvalue weighted by molar-refractivity contribution is 6.26. The molecule has 0 aliphatic rings. The zero-order valence-electron chi connectivity index (χ0n) is 32.9. The Morgan fingerprint density at radius 3 is 1.60 bits per heavy atom. The zero-order chi connectivity index (χ0) is 37.6. The minimum Gasteiger partial charge on any atom is -0.455 e. The van der Waals surface area contributed by atoms with Gasteiger partial charge in [0.1, 0.15) is 11.2 Å². The van der Waals surface area contributed by atoms with Crippen LogP contribution in [0.1, 0.15) is 12.3 Å². The first-order valence-electron chi connectivity index (χ1n) is 19.2. The fraction of sp³-hybridized carbons (Fsp3) is 0. The zero-order valence-corrected chi connectivity index (χ0v) is 23.9. The molecular weight excluding hydrogens is 544 g/mol. The van der Waals surface area contributed by atoms with Crippen molar-refractivity contribution in [3.63, 3.8) is 0 Å². The van der Waals surface area contributed by atoms with Gasteiger partial charge in [-0.15, -0.1) is 0 Å². The van der Waals surface area contributed by atoms with Crippen LogP contribution in [0.25, 0.3) is 88.0 Å². The molecular formula is C44H28O. The first-order chi connectivity index (χ1) is 26.1. The molecule has 0 bridgehead atoms. The van der Waals surface area contributed by atoms with Crippen LogP contribution in [-0.2, 0) is 0 Å². The summed E-state index contributed by atoms with van der Waals surface area (Å²) in [6.07, 6.45) is 0. The highest BCUT2D eigenvalue weighted by Gasteiger charge is 2.22. The summed E-state index contributed by atoms with van der Waals surface area (Å²) in [7, 11) is 0. The van der Waals surface area contributed by atoms with Crippen LogP contribution in [0.4, 0.5) is 0 Å². The van der Waals surface area contributed by atoms with Gasteiger partial charge in [-0.05, 0) is 66.6 Å². The van der Waals surface area contributed by atoms with E-state index in [9.17, 15) is 1.37 Å². The fourth-order valence-electron chi connectivity index (χ4n) is 6.65. The predicted octanol–water partition coefficient (Wildman–Crippen LogP) is 12.6. The van der Waals surface area contributed by atoms with Gasteiger partial charge in [-0.3, -0.25) is 0 Å². The number of hydrogen-bond acceptors (Lipinski definition) is 1. The van der Waals surface area contributed by atoms with Gasteiger partial charge in [0.25, 0.3) is 0 Å². The second kappa shape index (κ2) is 10.4. The van der Waals surface area contributed by atoms with Gasteiger partial charge >= 0.3 is 0 Å². The Morgan fingerprint density at radius 2 is 0.911 bits per heavy atom. The molecule has 1 nitrogen and oxygen atoms in total. The average molecular weight is 582 g/mol. The van der Waals surface area contributed by atoms with Crippen molar-refractivity contribution in [2.45, 2.75) is 0 Å². The second-order valence-corrected chi connectivity index (χ2v) is 10.9. The average Bonchev–Trinajstić information content (AvgIpc) is 3.60. The van der Waals surface area contributed by atoms with Gasteiger partial charge in [0, 0.05) is 16.3 Å². The van der Waals surface area contributed by atoms with E-state index < -0.39 is 48.3 Å². The maximum absolute atomic E-state index is 9.33. The van der Waals surface area contributed by atoms with Crippen LogP contribution >= 0.6 is 0 Å². The highest BCUT2D eigenvalue weighted by Crippen LogP contribution is 2.48. The van der Waals surface area contributed by atoms with Crippen LogP contribution in [0, 0.1) is 0 Å². The largest absolute Gasteiger partial charge is 0.455 e. The predicted molar refractivity (Wildman–Crippen MR) is 190 cm³/mol. The van der Waals surface area contributed by atoms with E-state index in [1.165, 1.54) is 0 Å². The van der Waals surface area contributed by atoms with Crippen LogP contribution in [0.15, 0.2) is 174 Å². The molecule has 1 aromatic heterocycles. The van der Waals surface area contributed by atoms with E-state index in [4.69, 9.17) is 15.4 Å². The monoisotopic (exact) mass is 581 g/mol. The van der Waals surface area contributed by atoms with Gasteiger partial charge in [0.2, 0.25) is 0 Å². The number of rotatable bonds is 4. The van der Waals surface area contributed by atoms with Crippen LogP contribution in [0.3, 0.4) is 0 Å². The lowest BCUT2D eigenvalue weighted by atomic mass is 9.83. The molecule has 0 spiro atoms. The molecule has 0 saturated carbocycles. The van der Waals surface area contributed by atoms with E-state index >= 15 is 0 Å². The third-order valence-corrected chi connectivity index (χ3v) is 8.50. The summed E-state index contributed by atoms with van der Waals surface area (Å²) in [4.78, 5) is 0. The Hall–Kier alpha value is -5.92. The van der Waals surface area contributed by atoms with Gasteiger partial charge in [-0.1, -0.05) is 164 Å². The van der Waals surface area contributed by atoms with Gasteiger partial charge in [-0.2, -0.15) is 0 Å². The molecule has 1 heterocycles. The Labute approximate surface area is 274 Å². The van der Waals surface area contributed by atoms with Gasteiger partial charge in [0.15, 0.2) is 0 Å². The van der Waals surface area contributed by atoms with Crippen LogP contribution in [0.2, 0.25) is 0 Å². The van der Waals surface area contributed by atoms with Crippen molar-refractivity contribution in [3.05, 3.63) is 170 Å². The molecule has 0 fully saturated rings. The lowest BCUT2D eigenvalue weighted by molar-refractivity contribution is 0.670. The van der Waals surface area contributed by atoms with E-state index in [-0.39, 0.29) is 22.7 Å². The molecule has 9 aromatic rings. The van der Waals surface area contributed by atoms with E-state index in [0.29, 0.717) is 21.9 Å². The van der Waals surface area contributed by atoms with Crippen LogP contribution < -0.4 is 0 Å². The SMILES string of the molecule is [2H]c1c([2H])c([2H])c(-c2c([2H])c([2H])c([2H])c([2H])c2-c2c3ccccc3c(-c3cccc4oc5c(-c6ccccc6)cccc5c34)c3ccccc23)c([2H])c1[2H]. The molecule has 0 aliphatic heterocycles. The maximum atomic E-state index is 9.33. The third kappa shape index (κ3) is 4.02. The lowest BCUT2D eigenvalue weighted by Crippen LogP contribution is -1.93. The van der Waals surface area contributed by atoms with Gasteiger partial charge in [0.05, 0.1) is 12.3 Å². The molecule has 0 unspecified atom stereocenters. The molecule has 1 heteroatoms. The highest BCUT2D eigenvalue weighted by atomic mass is 16.3. The molecule has 8 aromatic carbocycles. The summed E-state index contributed by atoms with van der Waals surface area (Å²) in [5, 5.41) is 4.80. The quantitative estimate of drug-likeness (QED) is 0.188. The molecule has 9 rings (SSSR count). The van der Waals surface area contributed by atoms with Crippen molar-refractivity contribution < 1.29 is 16.8 Å². The molecule has 0 N–H and O–H groups in total. The summed E-state index contributed by atoms with van der Waals surface area (Å²) in [6.45, 7) is 0. The van der Waals surface area contributed by atoms with Gasteiger partial charge < -0.3 is 4.42 Å². The molecule has 210 valence electrons. The molecule has 0 amide bonds. The second-order valence-electron chi connectivity index (χ2n) is 10.9. The van der Waals surface area contributed by atoms with Crippen molar-refractivity contribution in [2.75, 3.05) is 0 Å². The van der Waals surface area contributed by atoms with E-state index in [2.05, 4.69) is 24.3 Å². The summed E-state index contributed by atoms with van der Waals surface area (Å²) >= 11 is 0. The van der Waals surface area contributed by atoms with Crippen molar-refractivity contribution in [2.24, 2.45) is 0 Å². The standard InChI is InChI=1S/C44H28O/c1-3-15-29(16-4-1)31-19-7-8-20-33(31)41-34-21-9-11-23-36(34)42(37-24-12-10-22-35(37)41)38-26-14-28-40-43(38)39-27-13-25-32(44(39)45-40)30-17-5-2-6-18-30/h1-28H/i1D,3D,4D,7D,8D,15D,16D,19D,20D. The lowest BCUT2D eigenvalue weighted by Gasteiger charge is -2.20. The Kier molecular flexibility index (Phi) is 4.15. The number of furan rings is 1. The Bertz CT molecular complexity index is 2960. The third-order valence-electron chi connectivity index (χ3n) is 8.50. The molecule has 0 atom stereocenters. The topological polar surface area (TPSA) is 13.1 Å². The van der Waals surface area contributed by atoms with Crippen molar-refractivity contribution >= 4 is 43.5 Å². The summed E-state index contributed by atoms with van der Waals surface area (Å²) < 4.78 is 85.3.